The highest BCUT2D eigenvalue weighted by molar-refractivity contribution is 4.85. The second kappa shape index (κ2) is 9.01. The molecular weight excluding hydrogens is 248 g/mol. The molecule has 118 valence electrons. The molecule has 3 unspecified atom stereocenters. The third-order valence-electron chi connectivity index (χ3n) is 5.07. The molecule has 3 nitrogen and oxygen atoms in total. The van der Waals surface area contributed by atoms with Gasteiger partial charge in [-0.2, -0.15) is 0 Å². The SMILES string of the molecule is CCCNC1CCOCC1CN1CCCCCC1CC. The van der Waals surface area contributed by atoms with E-state index in [0.29, 0.717) is 12.0 Å². The lowest BCUT2D eigenvalue weighted by Gasteiger charge is -2.38. The highest BCUT2D eigenvalue weighted by atomic mass is 16.5. The Morgan fingerprint density at radius 1 is 1.15 bits per heavy atom. The van der Waals surface area contributed by atoms with Gasteiger partial charge in [0.1, 0.15) is 0 Å². The molecule has 2 rings (SSSR count). The monoisotopic (exact) mass is 282 g/mol. The molecule has 3 atom stereocenters. The standard InChI is InChI=1S/C17H34N2O/c1-3-10-18-17-9-12-20-14-15(17)13-19-11-7-5-6-8-16(19)4-2/h15-18H,3-14H2,1-2H3. The Kier molecular flexibility index (Phi) is 7.32. The first-order chi connectivity index (χ1) is 9.85. The van der Waals surface area contributed by atoms with Gasteiger partial charge in [-0.15, -0.1) is 0 Å². The lowest BCUT2D eigenvalue weighted by atomic mass is 9.94. The lowest BCUT2D eigenvalue weighted by Crippen LogP contribution is -2.49. The van der Waals surface area contributed by atoms with Gasteiger partial charge in [-0.1, -0.05) is 26.7 Å². The van der Waals surface area contributed by atoms with Crippen molar-refractivity contribution in [3.8, 4) is 0 Å². The Labute approximate surface area is 125 Å². The van der Waals surface area contributed by atoms with Gasteiger partial charge in [0.2, 0.25) is 0 Å². The normalized spacial score (nSPS) is 33.0. The van der Waals surface area contributed by atoms with Crippen molar-refractivity contribution >= 4 is 0 Å². The van der Waals surface area contributed by atoms with Crippen LogP contribution in [0.15, 0.2) is 0 Å². The van der Waals surface area contributed by atoms with E-state index in [9.17, 15) is 0 Å². The fourth-order valence-corrected chi connectivity index (χ4v) is 3.82. The van der Waals surface area contributed by atoms with E-state index < -0.39 is 0 Å². The fourth-order valence-electron chi connectivity index (χ4n) is 3.82. The van der Waals surface area contributed by atoms with Crippen molar-refractivity contribution in [2.24, 2.45) is 5.92 Å². The summed E-state index contributed by atoms with van der Waals surface area (Å²) in [6, 6.07) is 1.48. The summed E-state index contributed by atoms with van der Waals surface area (Å²) >= 11 is 0. The Bertz CT molecular complexity index is 259. The smallest absolute Gasteiger partial charge is 0.0521 e. The zero-order chi connectivity index (χ0) is 14.2. The molecule has 0 aromatic heterocycles. The number of hydrogen-bond donors (Lipinski definition) is 1. The largest absolute Gasteiger partial charge is 0.381 e. The zero-order valence-corrected chi connectivity index (χ0v) is 13.6. The van der Waals surface area contributed by atoms with Gasteiger partial charge in [0, 0.05) is 31.2 Å². The molecule has 0 saturated carbocycles. The maximum Gasteiger partial charge on any atom is 0.0521 e. The molecule has 0 bridgehead atoms. The van der Waals surface area contributed by atoms with Crippen LogP contribution in [-0.4, -0.2) is 49.8 Å². The van der Waals surface area contributed by atoms with Gasteiger partial charge >= 0.3 is 0 Å². The summed E-state index contributed by atoms with van der Waals surface area (Å²) < 4.78 is 5.77. The van der Waals surface area contributed by atoms with E-state index in [-0.39, 0.29) is 0 Å². The predicted octanol–water partition coefficient (Wildman–Crippen LogP) is 3.05. The molecule has 2 heterocycles. The van der Waals surface area contributed by atoms with Crippen LogP contribution in [0.1, 0.15) is 58.8 Å². The van der Waals surface area contributed by atoms with Crippen LogP contribution in [0.5, 0.6) is 0 Å². The first kappa shape index (κ1) is 16.3. The van der Waals surface area contributed by atoms with Crippen molar-refractivity contribution in [2.45, 2.75) is 70.9 Å². The number of nitrogens with one attached hydrogen (secondary N) is 1. The van der Waals surface area contributed by atoms with E-state index in [2.05, 4.69) is 24.1 Å². The minimum absolute atomic E-state index is 0.671. The average Bonchev–Trinajstić information content (AvgIpc) is 2.71. The summed E-state index contributed by atoms with van der Waals surface area (Å²) in [5, 5.41) is 3.75. The van der Waals surface area contributed by atoms with Gasteiger partial charge in [0.15, 0.2) is 0 Å². The third-order valence-corrected chi connectivity index (χ3v) is 5.07. The summed E-state index contributed by atoms with van der Waals surface area (Å²) in [7, 11) is 0. The van der Waals surface area contributed by atoms with E-state index in [0.717, 1.165) is 25.8 Å². The average molecular weight is 282 g/mol. The van der Waals surface area contributed by atoms with Crippen molar-refractivity contribution in [3.05, 3.63) is 0 Å². The van der Waals surface area contributed by atoms with E-state index in [1.165, 1.54) is 58.0 Å². The van der Waals surface area contributed by atoms with Gasteiger partial charge in [-0.3, -0.25) is 4.90 Å². The van der Waals surface area contributed by atoms with Crippen LogP contribution in [0.2, 0.25) is 0 Å². The molecule has 1 N–H and O–H groups in total. The van der Waals surface area contributed by atoms with Crippen molar-refractivity contribution in [3.63, 3.8) is 0 Å². The molecule has 2 saturated heterocycles. The molecule has 0 spiro atoms. The van der Waals surface area contributed by atoms with Gasteiger partial charge < -0.3 is 10.1 Å². The summed E-state index contributed by atoms with van der Waals surface area (Å²) in [5.41, 5.74) is 0. The molecule has 2 aliphatic heterocycles. The molecular formula is C17H34N2O. The number of nitrogens with zero attached hydrogens (tertiary/aromatic N) is 1. The molecule has 2 aliphatic rings. The van der Waals surface area contributed by atoms with Gasteiger partial charge in [0.25, 0.3) is 0 Å². The number of ether oxygens (including phenoxy) is 1. The third kappa shape index (κ3) is 4.71. The number of likely N-dealkylation sites (tertiary alicyclic amines) is 1. The first-order valence-electron chi connectivity index (χ1n) is 8.90. The van der Waals surface area contributed by atoms with Crippen molar-refractivity contribution < 1.29 is 4.74 Å². The molecule has 20 heavy (non-hydrogen) atoms. The van der Waals surface area contributed by atoms with Crippen molar-refractivity contribution in [1.82, 2.24) is 10.2 Å². The first-order valence-corrected chi connectivity index (χ1v) is 8.90. The van der Waals surface area contributed by atoms with Crippen LogP contribution >= 0.6 is 0 Å². The van der Waals surface area contributed by atoms with Crippen molar-refractivity contribution in [1.29, 1.82) is 0 Å². The number of rotatable bonds is 6. The van der Waals surface area contributed by atoms with Gasteiger partial charge in [-0.05, 0) is 45.2 Å². The van der Waals surface area contributed by atoms with Gasteiger partial charge in [-0.25, -0.2) is 0 Å². The second-order valence-corrected chi connectivity index (χ2v) is 6.59. The predicted molar refractivity (Wildman–Crippen MR) is 85.1 cm³/mol. The molecule has 2 fully saturated rings. The lowest BCUT2D eigenvalue weighted by molar-refractivity contribution is 0.01000. The van der Waals surface area contributed by atoms with E-state index in [4.69, 9.17) is 4.74 Å². The Morgan fingerprint density at radius 3 is 2.85 bits per heavy atom. The van der Waals surface area contributed by atoms with E-state index in [1.54, 1.807) is 0 Å². The summed E-state index contributed by atoms with van der Waals surface area (Å²) in [6.45, 7) is 10.2. The van der Waals surface area contributed by atoms with Crippen LogP contribution in [-0.2, 0) is 4.74 Å². The van der Waals surface area contributed by atoms with Crippen LogP contribution in [0.3, 0.4) is 0 Å². The van der Waals surface area contributed by atoms with Gasteiger partial charge in [0.05, 0.1) is 6.61 Å². The quantitative estimate of drug-likeness (QED) is 0.810. The minimum atomic E-state index is 0.671. The second-order valence-electron chi connectivity index (χ2n) is 6.59. The molecule has 3 heteroatoms. The summed E-state index contributed by atoms with van der Waals surface area (Å²) in [6.07, 6.45) is 9.36. The highest BCUT2D eigenvalue weighted by Gasteiger charge is 2.29. The number of hydrogen-bond acceptors (Lipinski definition) is 3. The maximum absolute atomic E-state index is 5.77. The Morgan fingerprint density at radius 2 is 2.05 bits per heavy atom. The summed E-state index contributed by atoms with van der Waals surface area (Å²) in [4.78, 5) is 2.77. The molecule has 0 aliphatic carbocycles. The van der Waals surface area contributed by atoms with E-state index in [1.807, 2.05) is 0 Å². The minimum Gasteiger partial charge on any atom is -0.381 e. The Hall–Kier alpha value is -0.120. The highest BCUT2D eigenvalue weighted by Crippen LogP contribution is 2.23. The van der Waals surface area contributed by atoms with Crippen LogP contribution in [0, 0.1) is 5.92 Å². The Balaban J connectivity index is 1.90. The van der Waals surface area contributed by atoms with Crippen molar-refractivity contribution in [2.75, 3.05) is 32.8 Å². The molecule has 0 amide bonds. The molecule has 0 aromatic carbocycles. The van der Waals surface area contributed by atoms with Crippen LogP contribution in [0.4, 0.5) is 0 Å². The fraction of sp³-hybridized carbons (Fsp3) is 1.00. The zero-order valence-electron chi connectivity index (χ0n) is 13.6. The molecule has 0 radical (unpaired) electrons. The topological polar surface area (TPSA) is 24.5 Å². The van der Waals surface area contributed by atoms with E-state index >= 15 is 0 Å². The van der Waals surface area contributed by atoms with Crippen LogP contribution in [0.25, 0.3) is 0 Å². The van der Waals surface area contributed by atoms with Crippen LogP contribution < -0.4 is 5.32 Å². The summed E-state index contributed by atoms with van der Waals surface area (Å²) in [5.74, 6) is 0.683. The maximum atomic E-state index is 5.77. The molecule has 0 aromatic rings.